The summed E-state index contributed by atoms with van der Waals surface area (Å²) in [5, 5.41) is 2.80. The van der Waals surface area contributed by atoms with Gasteiger partial charge in [0.15, 0.2) is 0 Å². The van der Waals surface area contributed by atoms with Gasteiger partial charge in [0.2, 0.25) is 11.8 Å². The van der Waals surface area contributed by atoms with Crippen LogP contribution in [0.4, 0.5) is 5.82 Å². The summed E-state index contributed by atoms with van der Waals surface area (Å²) >= 11 is 0. The average molecular weight is 401 g/mol. The number of nitrogens with one attached hydrogen (secondary N) is 1. The molecule has 148 valence electrons. The fourth-order valence-electron chi connectivity index (χ4n) is 2.96. The molecule has 1 aromatic heterocycles. The van der Waals surface area contributed by atoms with Gasteiger partial charge in [-0.2, -0.15) is 0 Å². The van der Waals surface area contributed by atoms with Gasteiger partial charge in [-0.15, -0.1) is 12.4 Å². The number of rotatable bonds is 4. The van der Waals surface area contributed by atoms with Crippen LogP contribution in [0.3, 0.4) is 0 Å². The number of benzene rings is 1. The second-order valence-electron chi connectivity index (χ2n) is 7.01. The molecule has 3 rings (SSSR count). The number of anilines is 1. The van der Waals surface area contributed by atoms with Crippen molar-refractivity contribution in [2.45, 2.75) is 20.0 Å². The third-order valence-electron chi connectivity index (χ3n) is 4.43. The standard InChI is InChI=1S/C21H24N4O2.ClH/c1-15-4-6-16(7-5-15)12-25(3)20(27)9-8-17-10-18-13-24(2)14-19(26)23-21(18)22-11-17;/h4-11H,12-14H2,1-3H3,(H,22,23,26);1H/b9-8+;. The van der Waals surface area contributed by atoms with Crippen LogP contribution >= 0.6 is 12.4 Å². The molecule has 0 unspecified atom stereocenters. The van der Waals surface area contributed by atoms with E-state index in [-0.39, 0.29) is 24.2 Å². The molecule has 1 aliphatic heterocycles. The number of halogens is 1. The number of carbonyl (C=O) groups is 2. The largest absolute Gasteiger partial charge is 0.338 e. The van der Waals surface area contributed by atoms with Crippen molar-refractivity contribution in [3.05, 3.63) is 64.9 Å². The number of nitrogens with zero attached hydrogens (tertiary/aromatic N) is 3. The molecule has 0 spiro atoms. The number of hydrogen-bond acceptors (Lipinski definition) is 4. The summed E-state index contributed by atoms with van der Waals surface area (Å²) in [4.78, 5) is 32.1. The summed E-state index contributed by atoms with van der Waals surface area (Å²) < 4.78 is 0. The van der Waals surface area contributed by atoms with Crippen molar-refractivity contribution in [2.24, 2.45) is 0 Å². The lowest BCUT2D eigenvalue weighted by molar-refractivity contribution is -0.125. The van der Waals surface area contributed by atoms with Crippen LogP contribution in [-0.4, -0.2) is 47.2 Å². The normalized spacial score (nSPS) is 14.0. The Hall–Kier alpha value is -2.70. The van der Waals surface area contributed by atoms with Crippen molar-refractivity contribution in [2.75, 3.05) is 26.0 Å². The molecule has 1 aliphatic rings. The van der Waals surface area contributed by atoms with Gasteiger partial charge in [0.25, 0.3) is 0 Å². The molecule has 0 saturated carbocycles. The van der Waals surface area contributed by atoms with E-state index in [9.17, 15) is 9.59 Å². The minimum absolute atomic E-state index is 0. The van der Waals surface area contributed by atoms with Gasteiger partial charge in [0.05, 0.1) is 6.54 Å². The van der Waals surface area contributed by atoms with Gasteiger partial charge in [0, 0.05) is 38.0 Å². The molecule has 1 aromatic carbocycles. The Morgan fingerprint density at radius 2 is 2.00 bits per heavy atom. The van der Waals surface area contributed by atoms with E-state index in [1.165, 1.54) is 5.56 Å². The highest BCUT2D eigenvalue weighted by atomic mass is 35.5. The number of aromatic nitrogens is 1. The van der Waals surface area contributed by atoms with Gasteiger partial charge in [-0.25, -0.2) is 4.98 Å². The van der Waals surface area contributed by atoms with Crippen molar-refractivity contribution >= 4 is 36.1 Å². The highest BCUT2D eigenvalue weighted by molar-refractivity contribution is 5.93. The van der Waals surface area contributed by atoms with Gasteiger partial charge in [-0.05, 0) is 37.2 Å². The Labute approximate surface area is 171 Å². The number of amides is 2. The third kappa shape index (κ3) is 5.65. The summed E-state index contributed by atoms with van der Waals surface area (Å²) in [5.74, 6) is 0.445. The van der Waals surface area contributed by atoms with Crippen LogP contribution in [0.15, 0.2) is 42.6 Å². The van der Waals surface area contributed by atoms with Crippen molar-refractivity contribution < 1.29 is 9.59 Å². The third-order valence-corrected chi connectivity index (χ3v) is 4.43. The monoisotopic (exact) mass is 400 g/mol. The summed E-state index contributed by atoms with van der Waals surface area (Å²) in [6.45, 7) is 3.57. The maximum Gasteiger partial charge on any atom is 0.246 e. The Morgan fingerprint density at radius 1 is 1.29 bits per heavy atom. The molecule has 1 N–H and O–H groups in total. The van der Waals surface area contributed by atoms with E-state index in [4.69, 9.17) is 0 Å². The molecule has 2 heterocycles. The highest BCUT2D eigenvalue weighted by Crippen LogP contribution is 2.19. The first-order valence-corrected chi connectivity index (χ1v) is 8.87. The van der Waals surface area contributed by atoms with E-state index < -0.39 is 0 Å². The highest BCUT2D eigenvalue weighted by Gasteiger charge is 2.17. The molecule has 0 radical (unpaired) electrons. The van der Waals surface area contributed by atoms with Crippen molar-refractivity contribution in [1.82, 2.24) is 14.8 Å². The molecule has 2 aromatic rings. The second-order valence-corrected chi connectivity index (χ2v) is 7.01. The minimum atomic E-state index is -0.0732. The molecule has 0 atom stereocenters. The first-order chi connectivity index (χ1) is 12.9. The Morgan fingerprint density at radius 3 is 2.71 bits per heavy atom. The summed E-state index contributed by atoms with van der Waals surface area (Å²) in [6.07, 6.45) is 4.97. The van der Waals surface area contributed by atoms with Crippen LogP contribution in [0.2, 0.25) is 0 Å². The maximum atomic E-state index is 12.4. The number of hydrogen-bond donors (Lipinski definition) is 1. The molecule has 2 amide bonds. The van der Waals surface area contributed by atoms with Gasteiger partial charge in [-0.3, -0.25) is 14.5 Å². The van der Waals surface area contributed by atoms with Crippen LogP contribution in [-0.2, 0) is 22.7 Å². The first kappa shape index (κ1) is 21.6. The van der Waals surface area contributed by atoms with E-state index in [0.717, 1.165) is 16.7 Å². The van der Waals surface area contributed by atoms with Crippen LogP contribution in [0.1, 0.15) is 22.3 Å². The molecule has 7 heteroatoms. The number of carbonyl (C=O) groups excluding carboxylic acids is 2. The van der Waals surface area contributed by atoms with E-state index in [0.29, 0.717) is 25.5 Å². The van der Waals surface area contributed by atoms with Crippen molar-refractivity contribution in [1.29, 1.82) is 0 Å². The smallest absolute Gasteiger partial charge is 0.246 e. The molecular formula is C21H25ClN4O2. The quantitative estimate of drug-likeness (QED) is 0.801. The van der Waals surface area contributed by atoms with E-state index in [2.05, 4.69) is 10.3 Å². The van der Waals surface area contributed by atoms with E-state index in [1.807, 2.05) is 49.2 Å². The maximum absolute atomic E-state index is 12.4. The van der Waals surface area contributed by atoms with Gasteiger partial charge in [0.1, 0.15) is 5.82 Å². The fraction of sp³-hybridized carbons (Fsp3) is 0.286. The molecular weight excluding hydrogens is 376 g/mol. The van der Waals surface area contributed by atoms with Crippen molar-refractivity contribution in [3.63, 3.8) is 0 Å². The van der Waals surface area contributed by atoms with E-state index in [1.54, 1.807) is 30.3 Å². The van der Waals surface area contributed by atoms with E-state index >= 15 is 0 Å². The number of likely N-dealkylation sites (N-methyl/N-ethyl adjacent to an activating group) is 2. The zero-order chi connectivity index (χ0) is 19.4. The van der Waals surface area contributed by atoms with Gasteiger partial charge >= 0.3 is 0 Å². The first-order valence-electron chi connectivity index (χ1n) is 8.87. The molecule has 28 heavy (non-hydrogen) atoms. The Kier molecular flexibility index (Phi) is 7.31. The number of fused-ring (bicyclic) bond motifs is 1. The van der Waals surface area contributed by atoms with Gasteiger partial charge in [-0.1, -0.05) is 29.8 Å². The van der Waals surface area contributed by atoms with Crippen LogP contribution < -0.4 is 5.32 Å². The molecule has 0 saturated heterocycles. The number of pyridine rings is 1. The Bertz CT molecular complexity index is 880. The van der Waals surface area contributed by atoms with Crippen LogP contribution in [0.25, 0.3) is 6.08 Å². The molecule has 0 fully saturated rings. The topological polar surface area (TPSA) is 65.5 Å². The summed E-state index contributed by atoms with van der Waals surface area (Å²) in [6, 6.07) is 10.1. The fourth-order valence-corrected chi connectivity index (χ4v) is 2.96. The zero-order valence-electron chi connectivity index (χ0n) is 16.3. The second kappa shape index (κ2) is 9.48. The lowest BCUT2D eigenvalue weighted by atomic mass is 10.1. The summed E-state index contributed by atoms with van der Waals surface area (Å²) in [7, 11) is 3.67. The Balaban J connectivity index is 0.00000280. The van der Waals surface area contributed by atoms with Crippen molar-refractivity contribution in [3.8, 4) is 0 Å². The lowest BCUT2D eigenvalue weighted by Gasteiger charge is -2.15. The predicted octanol–water partition coefficient (Wildman–Crippen LogP) is 2.87. The molecule has 0 aliphatic carbocycles. The van der Waals surface area contributed by atoms with Crippen LogP contribution in [0, 0.1) is 6.92 Å². The SMILES string of the molecule is Cc1ccc(CN(C)C(=O)/C=C/c2cnc3c(c2)CN(C)CC(=O)N3)cc1.Cl. The summed E-state index contributed by atoms with van der Waals surface area (Å²) in [5.41, 5.74) is 4.06. The average Bonchev–Trinajstić information content (AvgIpc) is 2.77. The van der Waals surface area contributed by atoms with Crippen LogP contribution in [0.5, 0.6) is 0 Å². The molecule has 6 nitrogen and oxygen atoms in total. The zero-order valence-corrected chi connectivity index (χ0v) is 17.1. The predicted molar refractivity (Wildman–Crippen MR) is 113 cm³/mol. The molecule has 0 bridgehead atoms. The minimum Gasteiger partial charge on any atom is -0.338 e. The van der Waals surface area contributed by atoms with Gasteiger partial charge < -0.3 is 10.2 Å². The lowest BCUT2D eigenvalue weighted by Crippen LogP contribution is -2.26. The number of aryl methyl sites for hydroxylation is 1.